The van der Waals surface area contributed by atoms with Crippen LogP contribution in [0.5, 0.6) is 0 Å². The molecule has 1 aromatic carbocycles. The van der Waals surface area contributed by atoms with E-state index in [2.05, 4.69) is 17.4 Å². The zero-order chi connectivity index (χ0) is 18.2. The summed E-state index contributed by atoms with van der Waals surface area (Å²) in [4.78, 5) is 12.5. The van der Waals surface area contributed by atoms with Gasteiger partial charge in [0.25, 0.3) is 5.91 Å². The van der Waals surface area contributed by atoms with Crippen LogP contribution in [-0.4, -0.2) is 37.1 Å². The number of allylic oxidation sites excluding steroid dienone is 1. The molecule has 1 heterocycles. The molecule has 1 amide bonds. The van der Waals surface area contributed by atoms with Crippen molar-refractivity contribution >= 4 is 5.91 Å². The second-order valence-electron chi connectivity index (χ2n) is 7.11. The fourth-order valence-electron chi connectivity index (χ4n) is 3.28. The average molecular weight is 359 g/mol. The molecule has 1 fully saturated rings. The van der Waals surface area contributed by atoms with Crippen molar-refractivity contribution in [2.24, 2.45) is 11.8 Å². The molecule has 2 N–H and O–H groups in total. The first kappa shape index (κ1) is 18.9. The lowest BCUT2D eigenvalue weighted by Crippen LogP contribution is -2.34. The van der Waals surface area contributed by atoms with E-state index in [0.717, 1.165) is 25.7 Å². The molecule has 5 heteroatoms. The van der Waals surface area contributed by atoms with Crippen LogP contribution in [-0.2, 0) is 20.7 Å². The van der Waals surface area contributed by atoms with Gasteiger partial charge in [-0.25, -0.2) is 0 Å². The van der Waals surface area contributed by atoms with Crippen molar-refractivity contribution in [2.75, 3.05) is 19.8 Å². The van der Waals surface area contributed by atoms with Gasteiger partial charge in [-0.2, -0.15) is 0 Å². The summed E-state index contributed by atoms with van der Waals surface area (Å²) in [6.45, 7) is 1.31. The minimum atomic E-state index is -0.362. The normalized spacial score (nSPS) is 22.4. The summed E-state index contributed by atoms with van der Waals surface area (Å²) in [5.41, 5.74) is 1.20. The monoisotopic (exact) mass is 359 g/mol. The number of hydrogen-bond acceptors (Lipinski definition) is 4. The van der Waals surface area contributed by atoms with E-state index in [9.17, 15) is 4.79 Å². The Morgan fingerprint density at radius 2 is 2.04 bits per heavy atom. The Kier molecular flexibility index (Phi) is 7.09. The van der Waals surface area contributed by atoms with Crippen LogP contribution < -0.4 is 5.32 Å². The Morgan fingerprint density at radius 3 is 2.77 bits per heavy atom. The predicted octanol–water partition coefficient (Wildman–Crippen LogP) is 2.79. The van der Waals surface area contributed by atoms with E-state index in [-0.39, 0.29) is 18.8 Å². The van der Waals surface area contributed by atoms with Gasteiger partial charge in [0, 0.05) is 19.6 Å². The van der Waals surface area contributed by atoms with E-state index in [1.54, 1.807) is 0 Å². The molecule has 1 aromatic rings. The Bertz CT molecular complexity index is 597. The van der Waals surface area contributed by atoms with Crippen LogP contribution in [0, 0.1) is 11.8 Å². The van der Waals surface area contributed by atoms with Gasteiger partial charge < -0.3 is 19.9 Å². The van der Waals surface area contributed by atoms with Gasteiger partial charge in [-0.05, 0) is 55.6 Å². The van der Waals surface area contributed by atoms with Crippen molar-refractivity contribution in [3.63, 3.8) is 0 Å². The Morgan fingerprint density at radius 1 is 1.23 bits per heavy atom. The van der Waals surface area contributed by atoms with Crippen LogP contribution in [0.1, 0.15) is 37.7 Å². The lowest BCUT2D eigenvalue weighted by atomic mass is 9.96. The summed E-state index contributed by atoms with van der Waals surface area (Å²) < 4.78 is 11.6. The number of carbonyl (C=O) groups is 1. The molecule has 5 nitrogen and oxygen atoms in total. The molecule has 2 atom stereocenters. The molecule has 0 spiro atoms. The first-order chi connectivity index (χ1) is 12.8. The minimum absolute atomic E-state index is 0.157. The summed E-state index contributed by atoms with van der Waals surface area (Å²) >= 11 is 0. The highest BCUT2D eigenvalue weighted by Gasteiger charge is 2.37. The largest absolute Gasteiger partial charge is 0.459 e. The van der Waals surface area contributed by atoms with Crippen LogP contribution in [0.25, 0.3) is 0 Å². The van der Waals surface area contributed by atoms with E-state index < -0.39 is 0 Å². The lowest BCUT2D eigenvalue weighted by Gasteiger charge is -2.29. The van der Waals surface area contributed by atoms with Crippen LogP contribution in [0.2, 0.25) is 0 Å². The third kappa shape index (κ3) is 5.85. The van der Waals surface area contributed by atoms with Gasteiger partial charge in [0.05, 0.1) is 6.61 Å². The summed E-state index contributed by atoms with van der Waals surface area (Å²) in [5, 5.41) is 11.8. The third-order valence-corrected chi connectivity index (χ3v) is 4.94. The van der Waals surface area contributed by atoms with E-state index in [0.29, 0.717) is 30.7 Å². The van der Waals surface area contributed by atoms with Crippen LogP contribution in [0.15, 0.2) is 42.2 Å². The maximum Gasteiger partial charge on any atom is 0.286 e. The molecule has 3 rings (SSSR count). The fraction of sp³-hybridized carbons (Fsp3) is 0.571. The van der Waals surface area contributed by atoms with Crippen molar-refractivity contribution < 1.29 is 19.4 Å². The van der Waals surface area contributed by atoms with Gasteiger partial charge in [-0.1, -0.05) is 30.3 Å². The molecule has 142 valence electrons. The fourth-order valence-corrected chi connectivity index (χ4v) is 3.28. The molecule has 26 heavy (non-hydrogen) atoms. The number of aliphatic hydroxyl groups is 1. The molecule has 1 aliphatic heterocycles. The molecule has 2 aliphatic rings. The van der Waals surface area contributed by atoms with E-state index >= 15 is 0 Å². The second-order valence-corrected chi connectivity index (χ2v) is 7.11. The zero-order valence-electron chi connectivity index (χ0n) is 15.2. The maximum absolute atomic E-state index is 12.5. The minimum Gasteiger partial charge on any atom is -0.459 e. The van der Waals surface area contributed by atoms with Crippen molar-refractivity contribution in [3.05, 3.63) is 47.7 Å². The summed E-state index contributed by atoms with van der Waals surface area (Å²) in [7, 11) is 0. The summed E-state index contributed by atoms with van der Waals surface area (Å²) in [5.74, 6) is 1.26. The SMILES string of the molecule is O=C(NCCc1ccccc1)C1=C[C@@H](C2CC2)C[C@@H](OCCCCO)O1. The third-order valence-electron chi connectivity index (χ3n) is 4.94. The summed E-state index contributed by atoms with van der Waals surface area (Å²) in [6.07, 6.45) is 7.21. The number of amides is 1. The van der Waals surface area contributed by atoms with Crippen LogP contribution >= 0.6 is 0 Å². The number of aliphatic hydroxyl groups excluding tert-OH is 1. The standard InChI is InChI=1S/C21H29NO4/c23-12-4-5-13-25-20-15-18(17-8-9-17)14-19(26-20)21(24)22-11-10-16-6-2-1-3-7-16/h1-3,6-7,14,17-18,20,23H,4-5,8-13,15H2,(H,22,24)/t18-,20+/m1/s1. The second kappa shape index (κ2) is 9.74. The van der Waals surface area contributed by atoms with Gasteiger partial charge in [0.1, 0.15) is 0 Å². The number of rotatable bonds is 10. The van der Waals surface area contributed by atoms with Crippen molar-refractivity contribution in [1.29, 1.82) is 0 Å². The Balaban J connectivity index is 1.49. The maximum atomic E-state index is 12.5. The number of benzene rings is 1. The van der Waals surface area contributed by atoms with Crippen molar-refractivity contribution in [2.45, 2.75) is 44.8 Å². The van der Waals surface area contributed by atoms with Crippen molar-refractivity contribution in [1.82, 2.24) is 5.32 Å². The van der Waals surface area contributed by atoms with Gasteiger partial charge in [0.15, 0.2) is 5.76 Å². The van der Waals surface area contributed by atoms with Gasteiger partial charge in [0.2, 0.25) is 6.29 Å². The first-order valence-corrected chi connectivity index (χ1v) is 9.69. The molecule has 0 saturated heterocycles. The molecular weight excluding hydrogens is 330 g/mol. The average Bonchev–Trinajstić information content (AvgIpc) is 3.51. The zero-order valence-corrected chi connectivity index (χ0v) is 15.2. The lowest BCUT2D eigenvalue weighted by molar-refractivity contribution is -0.150. The molecule has 1 saturated carbocycles. The quantitative estimate of drug-likeness (QED) is 0.631. The number of unbranched alkanes of at least 4 members (excludes halogenated alkanes) is 1. The van der Waals surface area contributed by atoms with Crippen molar-refractivity contribution in [3.8, 4) is 0 Å². The van der Waals surface area contributed by atoms with E-state index in [1.807, 2.05) is 24.3 Å². The molecule has 0 aromatic heterocycles. The molecule has 1 aliphatic carbocycles. The highest BCUT2D eigenvalue weighted by atomic mass is 16.7. The van der Waals surface area contributed by atoms with Gasteiger partial charge in [-0.3, -0.25) is 4.79 Å². The van der Waals surface area contributed by atoms with Crippen LogP contribution in [0.4, 0.5) is 0 Å². The molecule has 0 unspecified atom stereocenters. The number of carbonyl (C=O) groups excluding carboxylic acids is 1. The highest BCUT2D eigenvalue weighted by molar-refractivity contribution is 5.91. The smallest absolute Gasteiger partial charge is 0.286 e. The Labute approximate surface area is 155 Å². The molecule has 0 bridgehead atoms. The van der Waals surface area contributed by atoms with E-state index in [1.165, 1.54) is 18.4 Å². The topological polar surface area (TPSA) is 67.8 Å². The van der Waals surface area contributed by atoms with Crippen LogP contribution in [0.3, 0.4) is 0 Å². The van der Waals surface area contributed by atoms with E-state index in [4.69, 9.17) is 14.6 Å². The molecule has 0 radical (unpaired) electrons. The highest BCUT2D eigenvalue weighted by Crippen LogP contribution is 2.42. The molecular formula is C21H29NO4. The Hall–Kier alpha value is -1.85. The number of hydrogen-bond donors (Lipinski definition) is 2. The summed E-state index contributed by atoms with van der Waals surface area (Å²) in [6, 6.07) is 10.1. The number of ether oxygens (including phenoxy) is 2. The predicted molar refractivity (Wildman–Crippen MR) is 99.2 cm³/mol. The van der Waals surface area contributed by atoms with Gasteiger partial charge in [-0.15, -0.1) is 0 Å². The number of nitrogens with one attached hydrogen (secondary N) is 1. The first-order valence-electron chi connectivity index (χ1n) is 9.69. The van der Waals surface area contributed by atoms with Gasteiger partial charge >= 0.3 is 0 Å².